The number of carbonyl (C=O) groups is 4. The number of rotatable bonds is 7. The highest BCUT2D eigenvalue weighted by molar-refractivity contribution is 6.21. The molecule has 3 amide bonds. The van der Waals surface area contributed by atoms with E-state index in [1.807, 2.05) is 0 Å². The van der Waals surface area contributed by atoms with Gasteiger partial charge in [-0.2, -0.15) is 0 Å². The first-order chi connectivity index (χ1) is 15.9. The SMILES string of the molecule is COc1ccc(CN2C(=O)c3ccccc3C2=O)cc1C(=O)OCc1ccc(C(N)=O)cc1. The Morgan fingerprint density at radius 1 is 0.879 bits per heavy atom. The predicted octanol–water partition coefficient (Wildman–Crippen LogP) is 2.95. The Balaban J connectivity index is 1.50. The van der Waals surface area contributed by atoms with Gasteiger partial charge in [0.05, 0.1) is 24.8 Å². The number of ether oxygens (including phenoxy) is 2. The molecule has 8 nitrogen and oxygen atoms in total. The zero-order valence-electron chi connectivity index (χ0n) is 17.7. The number of esters is 1. The predicted molar refractivity (Wildman–Crippen MR) is 118 cm³/mol. The Morgan fingerprint density at radius 2 is 1.48 bits per heavy atom. The van der Waals surface area contributed by atoms with Gasteiger partial charge >= 0.3 is 5.97 Å². The number of hydrogen-bond donors (Lipinski definition) is 1. The maximum atomic E-state index is 12.7. The number of carbonyl (C=O) groups excluding carboxylic acids is 4. The molecule has 0 aromatic heterocycles. The van der Waals surface area contributed by atoms with Crippen molar-refractivity contribution in [3.05, 3.63) is 100 Å². The van der Waals surface area contributed by atoms with Gasteiger partial charge in [-0.25, -0.2) is 4.79 Å². The van der Waals surface area contributed by atoms with Crippen LogP contribution in [0, 0.1) is 0 Å². The van der Waals surface area contributed by atoms with E-state index in [-0.39, 0.29) is 30.5 Å². The average Bonchev–Trinajstić information content (AvgIpc) is 3.07. The number of nitrogens with two attached hydrogens (primary N) is 1. The van der Waals surface area contributed by atoms with Crippen molar-refractivity contribution in [1.82, 2.24) is 4.90 Å². The largest absolute Gasteiger partial charge is 0.496 e. The first-order valence-corrected chi connectivity index (χ1v) is 10.1. The monoisotopic (exact) mass is 444 g/mol. The van der Waals surface area contributed by atoms with Crippen molar-refractivity contribution in [3.63, 3.8) is 0 Å². The van der Waals surface area contributed by atoms with E-state index < -0.39 is 11.9 Å². The molecule has 33 heavy (non-hydrogen) atoms. The number of primary amides is 1. The normalized spacial score (nSPS) is 12.5. The molecule has 0 saturated carbocycles. The lowest BCUT2D eigenvalue weighted by atomic mass is 10.1. The molecule has 3 aromatic rings. The van der Waals surface area contributed by atoms with Crippen LogP contribution in [0.5, 0.6) is 5.75 Å². The van der Waals surface area contributed by atoms with Gasteiger partial charge in [0.2, 0.25) is 5.91 Å². The van der Waals surface area contributed by atoms with Gasteiger partial charge in [-0.1, -0.05) is 30.3 Å². The van der Waals surface area contributed by atoms with Gasteiger partial charge < -0.3 is 15.2 Å². The highest BCUT2D eigenvalue weighted by atomic mass is 16.5. The van der Waals surface area contributed by atoms with Crippen LogP contribution in [0.1, 0.15) is 52.6 Å². The van der Waals surface area contributed by atoms with Crippen molar-refractivity contribution in [2.24, 2.45) is 5.73 Å². The fourth-order valence-corrected chi connectivity index (χ4v) is 3.57. The second-order valence-corrected chi connectivity index (χ2v) is 7.41. The molecule has 1 aliphatic heterocycles. The molecule has 0 spiro atoms. The zero-order valence-corrected chi connectivity index (χ0v) is 17.7. The maximum absolute atomic E-state index is 12.7. The lowest BCUT2D eigenvalue weighted by molar-refractivity contribution is 0.0468. The lowest BCUT2D eigenvalue weighted by Crippen LogP contribution is -2.29. The van der Waals surface area contributed by atoms with E-state index in [4.69, 9.17) is 15.2 Å². The Labute approximate surface area is 189 Å². The molecular weight excluding hydrogens is 424 g/mol. The van der Waals surface area contributed by atoms with Crippen LogP contribution in [0.3, 0.4) is 0 Å². The molecule has 3 aromatic carbocycles. The summed E-state index contributed by atoms with van der Waals surface area (Å²) in [6.45, 7) is -0.0190. The van der Waals surface area contributed by atoms with Crippen molar-refractivity contribution in [1.29, 1.82) is 0 Å². The van der Waals surface area contributed by atoms with E-state index in [2.05, 4.69) is 0 Å². The van der Waals surface area contributed by atoms with Crippen LogP contribution < -0.4 is 10.5 Å². The summed E-state index contributed by atoms with van der Waals surface area (Å²) in [6, 6.07) is 17.8. The van der Waals surface area contributed by atoms with Crippen molar-refractivity contribution >= 4 is 23.7 Å². The summed E-state index contributed by atoms with van der Waals surface area (Å²) in [4.78, 5) is 50.3. The number of hydrogen-bond acceptors (Lipinski definition) is 6. The van der Waals surface area contributed by atoms with Crippen LogP contribution in [0.4, 0.5) is 0 Å². The van der Waals surface area contributed by atoms with Crippen LogP contribution in [0.25, 0.3) is 0 Å². The molecule has 1 aliphatic rings. The van der Waals surface area contributed by atoms with Crippen LogP contribution in [0.2, 0.25) is 0 Å². The molecule has 4 rings (SSSR count). The van der Waals surface area contributed by atoms with E-state index in [9.17, 15) is 19.2 Å². The van der Waals surface area contributed by atoms with E-state index in [0.717, 1.165) is 4.90 Å². The Bertz CT molecular complexity index is 1230. The second-order valence-electron chi connectivity index (χ2n) is 7.41. The number of benzene rings is 3. The summed E-state index contributed by atoms with van der Waals surface area (Å²) in [5.74, 6) is -1.63. The standard InChI is InChI=1S/C25H20N2O6/c1-32-21-11-8-16(13-27-23(29)18-4-2-3-5-19(18)24(27)30)12-20(21)25(31)33-14-15-6-9-17(10-7-15)22(26)28/h2-12H,13-14H2,1H3,(H2,26,28). The smallest absolute Gasteiger partial charge is 0.342 e. The van der Waals surface area contributed by atoms with Gasteiger partial charge in [-0.3, -0.25) is 19.3 Å². The third-order valence-electron chi connectivity index (χ3n) is 5.31. The Hall–Kier alpha value is -4.46. The van der Waals surface area contributed by atoms with E-state index in [0.29, 0.717) is 33.6 Å². The minimum Gasteiger partial charge on any atom is -0.496 e. The van der Waals surface area contributed by atoms with Gasteiger partial charge in [-0.05, 0) is 47.5 Å². The van der Waals surface area contributed by atoms with Gasteiger partial charge in [0.25, 0.3) is 11.8 Å². The molecule has 0 unspecified atom stereocenters. The molecule has 0 atom stereocenters. The lowest BCUT2D eigenvalue weighted by Gasteiger charge is -2.16. The number of nitrogens with zero attached hydrogens (tertiary/aromatic N) is 1. The fraction of sp³-hybridized carbons (Fsp3) is 0.120. The topological polar surface area (TPSA) is 116 Å². The molecule has 0 aliphatic carbocycles. The number of methoxy groups -OCH3 is 1. The van der Waals surface area contributed by atoms with Gasteiger partial charge in [0.15, 0.2) is 0 Å². The van der Waals surface area contributed by atoms with Crippen LogP contribution in [-0.4, -0.2) is 35.7 Å². The summed E-state index contributed by atoms with van der Waals surface area (Å²) < 4.78 is 10.7. The molecule has 2 N–H and O–H groups in total. The van der Waals surface area contributed by atoms with Crippen LogP contribution in [-0.2, 0) is 17.9 Å². The van der Waals surface area contributed by atoms with Gasteiger partial charge in [-0.15, -0.1) is 0 Å². The highest BCUT2D eigenvalue weighted by Gasteiger charge is 2.35. The van der Waals surface area contributed by atoms with Crippen LogP contribution in [0.15, 0.2) is 66.7 Å². The summed E-state index contributed by atoms with van der Waals surface area (Å²) in [5.41, 5.74) is 7.71. The molecule has 0 fully saturated rings. The summed E-state index contributed by atoms with van der Waals surface area (Å²) >= 11 is 0. The molecule has 0 saturated heterocycles. The average molecular weight is 444 g/mol. The molecule has 0 radical (unpaired) electrons. The number of fused-ring (bicyclic) bond motifs is 1. The molecule has 166 valence electrons. The molecule has 8 heteroatoms. The van der Waals surface area contributed by atoms with Gasteiger partial charge in [0, 0.05) is 5.56 Å². The molecule has 1 heterocycles. The minimum absolute atomic E-state index is 0.00516. The molecular formula is C25H20N2O6. The van der Waals surface area contributed by atoms with E-state index >= 15 is 0 Å². The Morgan fingerprint density at radius 3 is 2.06 bits per heavy atom. The minimum atomic E-state index is -0.630. The van der Waals surface area contributed by atoms with Crippen molar-refractivity contribution in [2.45, 2.75) is 13.2 Å². The summed E-state index contributed by atoms with van der Waals surface area (Å²) in [6.07, 6.45) is 0. The first kappa shape index (κ1) is 21.8. The Kier molecular flexibility index (Phi) is 5.91. The maximum Gasteiger partial charge on any atom is 0.342 e. The highest BCUT2D eigenvalue weighted by Crippen LogP contribution is 2.27. The fourth-order valence-electron chi connectivity index (χ4n) is 3.57. The number of amides is 3. The quantitative estimate of drug-likeness (QED) is 0.442. The molecule has 0 bridgehead atoms. The van der Waals surface area contributed by atoms with E-state index in [1.165, 1.54) is 7.11 Å². The van der Waals surface area contributed by atoms with Crippen molar-refractivity contribution in [2.75, 3.05) is 7.11 Å². The second kappa shape index (κ2) is 8.96. The number of imide groups is 1. The zero-order chi connectivity index (χ0) is 23.5. The third-order valence-corrected chi connectivity index (χ3v) is 5.31. The van der Waals surface area contributed by atoms with Crippen molar-refractivity contribution in [3.8, 4) is 5.75 Å². The van der Waals surface area contributed by atoms with Crippen molar-refractivity contribution < 1.29 is 28.7 Å². The van der Waals surface area contributed by atoms with Gasteiger partial charge in [0.1, 0.15) is 17.9 Å². The third kappa shape index (κ3) is 4.31. The summed E-state index contributed by atoms with van der Waals surface area (Å²) in [7, 11) is 1.43. The van der Waals surface area contributed by atoms with Crippen LogP contribution >= 0.6 is 0 Å². The first-order valence-electron chi connectivity index (χ1n) is 10.1. The van der Waals surface area contributed by atoms with E-state index in [1.54, 1.807) is 66.7 Å². The summed E-state index contributed by atoms with van der Waals surface area (Å²) in [5, 5.41) is 0.